The first-order chi connectivity index (χ1) is 15.7. The number of thiazole rings is 1. The van der Waals surface area contributed by atoms with Crippen LogP contribution in [0.1, 0.15) is 32.3 Å². The van der Waals surface area contributed by atoms with Crippen LogP contribution in [-0.4, -0.2) is 43.8 Å². The van der Waals surface area contributed by atoms with Crippen LogP contribution in [0, 0.1) is 0 Å². The highest BCUT2D eigenvalue weighted by Crippen LogP contribution is 2.27. The topological polar surface area (TPSA) is 83.3 Å². The molecule has 0 atom stereocenters. The first-order valence-electron chi connectivity index (χ1n) is 10.8. The number of hydrogen-bond donors (Lipinski definition) is 2. The summed E-state index contributed by atoms with van der Waals surface area (Å²) in [5.41, 5.74) is 4.53. The fourth-order valence-electron chi connectivity index (χ4n) is 4.18. The number of aromatic nitrogens is 3. The van der Waals surface area contributed by atoms with Crippen molar-refractivity contribution < 1.29 is 9.90 Å². The Morgan fingerprint density at radius 3 is 2.75 bits per heavy atom. The molecule has 2 N–H and O–H groups in total. The second-order valence-electron chi connectivity index (χ2n) is 7.92. The predicted octanol–water partition coefficient (Wildman–Crippen LogP) is 2.97. The molecule has 0 aliphatic carbocycles. The number of fused-ring (bicyclic) bond motifs is 2. The van der Waals surface area contributed by atoms with Gasteiger partial charge in [0.2, 0.25) is 0 Å². The zero-order valence-corrected chi connectivity index (χ0v) is 18.5. The van der Waals surface area contributed by atoms with Gasteiger partial charge in [-0.15, -0.1) is 11.3 Å². The molecule has 0 saturated heterocycles. The number of amides is 1. The number of aliphatic hydroxyl groups is 1. The summed E-state index contributed by atoms with van der Waals surface area (Å²) in [5, 5.41) is 18.1. The SMILES string of the molecule is O=C(NCc1ccccc1)c1nn(CCO)c2c1CN(Cc1nc3ccccc3s1)CC2. The summed E-state index contributed by atoms with van der Waals surface area (Å²) in [5.74, 6) is -0.177. The van der Waals surface area contributed by atoms with E-state index in [4.69, 9.17) is 4.98 Å². The number of rotatable bonds is 7. The lowest BCUT2D eigenvalue weighted by molar-refractivity contribution is 0.0942. The number of nitrogens with one attached hydrogen (secondary N) is 1. The second-order valence-corrected chi connectivity index (χ2v) is 9.04. The summed E-state index contributed by atoms with van der Waals surface area (Å²) in [6, 6.07) is 18.0. The molecule has 4 aromatic rings. The maximum atomic E-state index is 13.0. The normalized spacial score (nSPS) is 13.9. The highest BCUT2D eigenvalue weighted by Gasteiger charge is 2.28. The van der Waals surface area contributed by atoms with Gasteiger partial charge in [-0.3, -0.25) is 14.4 Å². The van der Waals surface area contributed by atoms with Crippen molar-refractivity contribution in [2.75, 3.05) is 13.2 Å². The quantitative estimate of drug-likeness (QED) is 0.455. The maximum absolute atomic E-state index is 13.0. The van der Waals surface area contributed by atoms with Gasteiger partial charge in [-0.05, 0) is 17.7 Å². The van der Waals surface area contributed by atoms with Gasteiger partial charge >= 0.3 is 0 Å². The Morgan fingerprint density at radius 2 is 1.94 bits per heavy atom. The Kier molecular flexibility index (Phi) is 5.98. The fourth-order valence-corrected chi connectivity index (χ4v) is 5.19. The van der Waals surface area contributed by atoms with Crippen LogP contribution in [0.2, 0.25) is 0 Å². The van der Waals surface area contributed by atoms with Crippen LogP contribution in [0.3, 0.4) is 0 Å². The molecule has 0 saturated carbocycles. The summed E-state index contributed by atoms with van der Waals surface area (Å²) >= 11 is 1.72. The van der Waals surface area contributed by atoms with E-state index in [2.05, 4.69) is 21.4 Å². The summed E-state index contributed by atoms with van der Waals surface area (Å²) in [6.45, 7) is 3.10. The van der Waals surface area contributed by atoms with Crippen molar-refractivity contribution in [3.05, 3.63) is 82.1 Å². The molecule has 2 aromatic heterocycles. The highest BCUT2D eigenvalue weighted by molar-refractivity contribution is 7.18. The number of hydrogen-bond acceptors (Lipinski definition) is 6. The molecular formula is C24H25N5O2S. The molecule has 3 heterocycles. The fraction of sp³-hybridized carbons (Fsp3) is 0.292. The van der Waals surface area contributed by atoms with E-state index in [0.717, 1.165) is 46.9 Å². The molecule has 1 aliphatic rings. The van der Waals surface area contributed by atoms with E-state index in [1.165, 1.54) is 4.70 Å². The van der Waals surface area contributed by atoms with Crippen molar-refractivity contribution >= 4 is 27.5 Å². The van der Waals surface area contributed by atoms with Gasteiger partial charge < -0.3 is 10.4 Å². The number of aliphatic hydroxyl groups excluding tert-OH is 1. The van der Waals surface area contributed by atoms with Gasteiger partial charge in [-0.25, -0.2) is 4.98 Å². The third kappa shape index (κ3) is 4.29. The molecule has 164 valence electrons. The van der Waals surface area contributed by atoms with Crippen molar-refractivity contribution in [1.29, 1.82) is 0 Å². The van der Waals surface area contributed by atoms with E-state index in [-0.39, 0.29) is 12.5 Å². The van der Waals surface area contributed by atoms with Crippen LogP contribution >= 0.6 is 11.3 Å². The number of para-hydroxylation sites is 1. The van der Waals surface area contributed by atoms with Gasteiger partial charge in [0, 0.05) is 37.3 Å². The lowest BCUT2D eigenvalue weighted by atomic mass is 10.0. The average molecular weight is 448 g/mol. The Labute approximate surface area is 190 Å². The van der Waals surface area contributed by atoms with Crippen molar-refractivity contribution in [1.82, 2.24) is 25.0 Å². The number of benzene rings is 2. The molecule has 1 aliphatic heterocycles. The lowest BCUT2D eigenvalue weighted by Crippen LogP contribution is -2.32. The minimum atomic E-state index is -0.177. The van der Waals surface area contributed by atoms with Crippen molar-refractivity contribution in [2.24, 2.45) is 0 Å². The number of carbonyl (C=O) groups excluding carboxylic acids is 1. The Balaban J connectivity index is 1.35. The molecule has 0 unspecified atom stereocenters. The molecule has 2 aromatic carbocycles. The minimum Gasteiger partial charge on any atom is -0.394 e. The maximum Gasteiger partial charge on any atom is 0.272 e. The van der Waals surface area contributed by atoms with Gasteiger partial charge in [0.25, 0.3) is 5.91 Å². The molecule has 0 bridgehead atoms. The summed E-state index contributed by atoms with van der Waals surface area (Å²) < 4.78 is 2.99. The molecule has 5 rings (SSSR count). The van der Waals surface area contributed by atoms with Crippen molar-refractivity contribution in [3.8, 4) is 0 Å². The van der Waals surface area contributed by atoms with Crippen LogP contribution in [0.15, 0.2) is 54.6 Å². The van der Waals surface area contributed by atoms with E-state index in [1.807, 2.05) is 48.5 Å². The third-order valence-corrected chi connectivity index (χ3v) is 6.75. The van der Waals surface area contributed by atoms with Crippen molar-refractivity contribution in [3.63, 3.8) is 0 Å². The van der Waals surface area contributed by atoms with Gasteiger partial charge in [-0.2, -0.15) is 5.10 Å². The van der Waals surface area contributed by atoms with Crippen LogP contribution in [0.4, 0.5) is 0 Å². The zero-order valence-electron chi connectivity index (χ0n) is 17.7. The van der Waals surface area contributed by atoms with Crippen LogP contribution < -0.4 is 5.32 Å². The van der Waals surface area contributed by atoms with E-state index in [0.29, 0.717) is 25.3 Å². The van der Waals surface area contributed by atoms with Crippen LogP contribution in [0.25, 0.3) is 10.2 Å². The first-order valence-corrected chi connectivity index (χ1v) is 11.6. The Bertz CT molecular complexity index is 1200. The van der Waals surface area contributed by atoms with E-state index in [9.17, 15) is 9.90 Å². The molecule has 0 radical (unpaired) electrons. The smallest absolute Gasteiger partial charge is 0.272 e. The summed E-state index contributed by atoms with van der Waals surface area (Å²) in [4.78, 5) is 20.1. The monoisotopic (exact) mass is 447 g/mol. The standard InChI is InChI=1S/C24H25N5O2S/c30-13-12-29-20-10-11-28(16-22-26-19-8-4-5-9-21(19)32-22)15-18(20)23(27-29)24(31)25-14-17-6-2-1-3-7-17/h1-9,30H,10-16H2,(H,25,31). The van der Waals surface area contributed by atoms with Gasteiger partial charge in [0.1, 0.15) is 5.01 Å². The first kappa shape index (κ1) is 20.8. The van der Waals surface area contributed by atoms with E-state index in [1.54, 1.807) is 16.0 Å². The molecule has 32 heavy (non-hydrogen) atoms. The molecule has 1 amide bonds. The zero-order chi connectivity index (χ0) is 21.9. The van der Waals surface area contributed by atoms with Crippen LogP contribution in [0.5, 0.6) is 0 Å². The van der Waals surface area contributed by atoms with E-state index < -0.39 is 0 Å². The summed E-state index contributed by atoms with van der Waals surface area (Å²) in [7, 11) is 0. The lowest BCUT2D eigenvalue weighted by Gasteiger charge is -2.26. The number of nitrogens with zero attached hydrogens (tertiary/aromatic N) is 4. The van der Waals surface area contributed by atoms with Crippen molar-refractivity contribution in [2.45, 2.75) is 32.6 Å². The average Bonchev–Trinajstić information content (AvgIpc) is 3.39. The molecule has 0 spiro atoms. The second kappa shape index (κ2) is 9.20. The largest absolute Gasteiger partial charge is 0.394 e. The summed E-state index contributed by atoms with van der Waals surface area (Å²) in [6.07, 6.45) is 0.791. The minimum absolute atomic E-state index is 0.00534. The van der Waals surface area contributed by atoms with Gasteiger partial charge in [0.15, 0.2) is 5.69 Å². The van der Waals surface area contributed by atoms with Gasteiger partial charge in [-0.1, -0.05) is 42.5 Å². The van der Waals surface area contributed by atoms with Crippen LogP contribution in [-0.2, 0) is 32.6 Å². The third-order valence-electron chi connectivity index (χ3n) is 5.73. The molecule has 7 nitrogen and oxygen atoms in total. The highest BCUT2D eigenvalue weighted by atomic mass is 32.1. The Morgan fingerprint density at radius 1 is 1.12 bits per heavy atom. The predicted molar refractivity (Wildman–Crippen MR) is 124 cm³/mol. The molecule has 0 fully saturated rings. The molecular weight excluding hydrogens is 422 g/mol. The number of carbonyl (C=O) groups is 1. The van der Waals surface area contributed by atoms with E-state index >= 15 is 0 Å². The van der Waals surface area contributed by atoms with Gasteiger partial charge in [0.05, 0.1) is 29.9 Å². The molecule has 8 heteroatoms. The Hall–Kier alpha value is -3.07.